The molecule has 190 valence electrons. The van der Waals surface area contributed by atoms with Crippen LogP contribution in [0.15, 0.2) is 66.7 Å². The van der Waals surface area contributed by atoms with Crippen molar-refractivity contribution >= 4 is 17.7 Å². The quantitative estimate of drug-likeness (QED) is 0.417. The minimum atomic E-state index is -4.71. The highest BCUT2D eigenvalue weighted by atomic mass is 19.4. The van der Waals surface area contributed by atoms with Gasteiger partial charge in [-0.15, -0.1) is 0 Å². The van der Waals surface area contributed by atoms with Crippen molar-refractivity contribution < 1.29 is 32.2 Å². The molecule has 0 fully saturated rings. The number of anilines is 1. The molecule has 10 heteroatoms. The standard InChI is InChI=1S/C26H26F3N3O4/c1-25(2,3)36-24(34)30-15-18-13-21(26(27,28)29)32-22(14-18)35-16-17-8-7-9-19(12-17)23(33)31-20-10-5-4-6-11-20/h4-14H,15-16H2,1-3H3,(H,30,34)(H,31,33). The minimum absolute atomic E-state index is 0.125. The van der Waals surface area contributed by atoms with Crippen LogP contribution in [0.5, 0.6) is 5.88 Å². The summed E-state index contributed by atoms with van der Waals surface area (Å²) >= 11 is 0. The highest BCUT2D eigenvalue weighted by Gasteiger charge is 2.33. The first-order valence-electron chi connectivity index (χ1n) is 11.0. The third kappa shape index (κ3) is 8.30. The number of carbonyl (C=O) groups is 2. The van der Waals surface area contributed by atoms with Crippen LogP contribution in [0.4, 0.5) is 23.7 Å². The first-order chi connectivity index (χ1) is 16.9. The SMILES string of the molecule is CC(C)(C)OC(=O)NCc1cc(OCc2cccc(C(=O)Nc3ccccc3)c2)nc(C(F)(F)F)c1. The molecule has 3 aromatic rings. The van der Waals surface area contributed by atoms with Crippen molar-refractivity contribution in [2.24, 2.45) is 0 Å². The summed E-state index contributed by atoms with van der Waals surface area (Å²) in [7, 11) is 0. The first-order valence-corrected chi connectivity index (χ1v) is 11.0. The molecule has 2 amide bonds. The Hall–Kier alpha value is -4.08. The number of ether oxygens (including phenoxy) is 2. The smallest absolute Gasteiger partial charge is 0.433 e. The zero-order chi connectivity index (χ0) is 26.3. The fourth-order valence-electron chi connectivity index (χ4n) is 3.05. The summed E-state index contributed by atoms with van der Waals surface area (Å²) in [6.07, 6.45) is -5.48. The van der Waals surface area contributed by atoms with Gasteiger partial charge in [-0.2, -0.15) is 13.2 Å². The van der Waals surface area contributed by atoms with Crippen LogP contribution in [-0.4, -0.2) is 22.6 Å². The number of rotatable bonds is 7. The highest BCUT2D eigenvalue weighted by Crippen LogP contribution is 2.30. The fourth-order valence-corrected chi connectivity index (χ4v) is 3.05. The number of amides is 2. The molecule has 0 saturated carbocycles. The molecule has 1 aromatic heterocycles. The van der Waals surface area contributed by atoms with Gasteiger partial charge in [-0.25, -0.2) is 9.78 Å². The van der Waals surface area contributed by atoms with Crippen molar-refractivity contribution in [3.05, 3.63) is 89.1 Å². The third-order valence-electron chi connectivity index (χ3n) is 4.60. The number of aromatic nitrogens is 1. The Bertz CT molecular complexity index is 1210. The topological polar surface area (TPSA) is 89.5 Å². The molecule has 2 N–H and O–H groups in total. The number of pyridine rings is 1. The zero-order valence-electron chi connectivity index (χ0n) is 20.0. The van der Waals surface area contributed by atoms with Crippen molar-refractivity contribution in [2.75, 3.05) is 5.32 Å². The van der Waals surface area contributed by atoms with E-state index in [2.05, 4.69) is 15.6 Å². The molecule has 2 aromatic carbocycles. The number of hydrogen-bond donors (Lipinski definition) is 2. The maximum absolute atomic E-state index is 13.4. The van der Waals surface area contributed by atoms with Crippen molar-refractivity contribution in [3.8, 4) is 5.88 Å². The zero-order valence-corrected chi connectivity index (χ0v) is 20.0. The van der Waals surface area contributed by atoms with Gasteiger partial charge < -0.3 is 20.1 Å². The summed E-state index contributed by atoms with van der Waals surface area (Å²) in [5, 5.41) is 5.18. The molecule has 0 spiro atoms. The van der Waals surface area contributed by atoms with Crippen molar-refractivity contribution in [1.29, 1.82) is 0 Å². The summed E-state index contributed by atoms with van der Waals surface area (Å²) < 4.78 is 50.8. The lowest BCUT2D eigenvalue weighted by atomic mass is 10.1. The molecule has 1 heterocycles. The van der Waals surface area contributed by atoms with Gasteiger partial charge in [0.15, 0.2) is 0 Å². The van der Waals surface area contributed by atoms with Crippen LogP contribution in [0.3, 0.4) is 0 Å². The Morgan fingerprint density at radius 1 is 0.917 bits per heavy atom. The molecule has 0 unspecified atom stereocenters. The molecule has 36 heavy (non-hydrogen) atoms. The van der Waals surface area contributed by atoms with Gasteiger partial charge in [0, 0.05) is 23.9 Å². The molecule has 0 aliphatic heterocycles. The van der Waals surface area contributed by atoms with Crippen LogP contribution in [0.2, 0.25) is 0 Å². The summed E-state index contributed by atoms with van der Waals surface area (Å²) in [5.74, 6) is -0.610. The Morgan fingerprint density at radius 3 is 2.31 bits per heavy atom. The van der Waals surface area contributed by atoms with E-state index in [0.717, 1.165) is 6.07 Å². The van der Waals surface area contributed by atoms with Gasteiger partial charge in [-0.3, -0.25) is 4.79 Å². The molecular formula is C26H26F3N3O4. The van der Waals surface area contributed by atoms with Crippen molar-refractivity contribution in [3.63, 3.8) is 0 Å². The second-order valence-electron chi connectivity index (χ2n) is 8.86. The molecule has 3 rings (SSSR count). The average molecular weight is 502 g/mol. The fraction of sp³-hybridized carbons (Fsp3) is 0.269. The summed E-state index contributed by atoms with van der Waals surface area (Å²) in [5.41, 5.74) is -0.223. The number of benzene rings is 2. The molecule has 0 aliphatic carbocycles. The predicted octanol–water partition coefficient (Wildman–Crippen LogP) is 5.96. The normalized spacial score (nSPS) is 11.5. The largest absolute Gasteiger partial charge is 0.473 e. The maximum atomic E-state index is 13.4. The van der Waals surface area contributed by atoms with E-state index < -0.39 is 23.6 Å². The number of carbonyl (C=O) groups excluding carboxylic acids is 2. The van der Waals surface area contributed by atoms with Gasteiger partial charge in [0.25, 0.3) is 5.91 Å². The van der Waals surface area contributed by atoms with E-state index in [1.165, 1.54) is 6.07 Å². The molecule has 0 radical (unpaired) electrons. The van der Waals surface area contributed by atoms with Gasteiger partial charge >= 0.3 is 12.3 Å². The Morgan fingerprint density at radius 2 is 1.64 bits per heavy atom. The van der Waals surface area contributed by atoms with E-state index >= 15 is 0 Å². The van der Waals surface area contributed by atoms with Gasteiger partial charge in [0.1, 0.15) is 17.9 Å². The number of alkyl halides is 3. The first kappa shape index (κ1) is 26.5. The molecule has 0 atom stereocenters. The summed E-state index contributed by atoms with van der Waals surface area (Å²) in [6.45, 7) is 4.68. The highest BCUT2D eigenvalue weighted by molar-refractivity contribution is 6.04. The lowest BCUT2D eigenvalue weighted by Crippen LogP contribution is -2.32. The maximum Gasteiger partial charge on any atom is 0.433 e. The van der Waals surface area contributed by atoms with E-state index in [1.807, 2.05) is 6.07 Å². The van der Waals surface area contributed by atoms with Crippen LogP contribution < -0.4 is 15.4 Å². The van der Waals surface area contributed by atoms with E-state index in [4.69, 9.17) is 9.47 Å². The number of para-hydroxylation sites is 1. The predicted molar refractivity (Wildman–Crippen MR) is 127 cm³/mol. The Kier molecular flexibility index (Phi) is 8.18. The average Bonchev–Trinajstić information content (AvgIpc) is 2.80. The third-order valence-corrected chi connectivity index (χ3v) is 4.60. The second kappa shape index (κ2) is 11.1. The van der Waals surface area contributed by atoms with Gasteiger partial charge in [0.05, 0.1) is 0 Å². The summed E-state index contributed by atoms with van der Waals surface area (Å²) in [6, 6.07) is 17.6. The summed E-state index contributed by atoms with van der Waals surface area (Å²) in [4.78, 5) is 27.9. The van der Waals surface area contributed by atoms with Crippen molar-refractivity contribution in [1.82, 2.24) is 10.3 Å². The lowest BCUT2D eigenvalue weighted by Gasteiger charge is -2.20. The van der Waals surface area contributed by atoms with Crippen LogP contribution in [0, 0.1) is 0 Å². The van der Waals surface area contributed by atoms with Gasteiger partial charge in [0.2, 0.25) is 5.88 Å². The van der Waals surface area contributed by atoms with E-state index in [1.54, 1.807) is 69.3 Å². The van der Waals surface area contributed by atoms with E-state index in [9.17, 15) is 22.8 Å². The molecule has 0 aliphatic rings. The lowest BCUT2D eigenvalue weighted by molar-refractivity contribution is -0.141. The Balaban J connectivity index is 1.70. The van der Waals surface area contributed by atoms with Crippen LogP contribution in [0.25, 0.3) is 0 Å². The van der Waals surface area contributed by atoms with E-state index in [-0.39, 0.29) is 30.5 Å². The van der Waals surface area contributed by atoms with Crippen LogP contribution in [0.1, 0.15) is 48.0 Å². The molecule has 0 bridgehead atoms. The number of halogens is 3. The number of alkyl carbamates (subject to hydrolysis) is 1. The van der Waals surface area contributed by atoms with Crippen molar-refractivity contribution in [2.45, 2.75) is 45.7 Å². The second-order valence-corrected chi connectivity index (χ2v) is 8.86. The molecule has 0 saturated heterocycles. The van der Waals surface area contributed by atoms with Gasteiger partial charge in [-0.05, 0) is 62.2 Å². The van der Waals surface area contributed by atoms with E-state index in [0.29, 0.717) is 16.8 Å². The van der Waals surface area contributed by atoms with Crippen LogP contribution in [-0.2, 0) is 24.1 Å². The number of nitrogens with zero attached hydrogens (tertiary/aromatic N) is 1. The monoisotopic (exact) mass is 501 g/mol. The Labute approximate surface area is 206 Å². The number of nitrogens with one attached hydrogen (secondary N) is 2. The molecule has 7 nitrogen and oxygen atoms in total. The van der Waals surface area contributed by atoms with Crippen LogP contribution >= 0.6 is 0 Å². The number of hydrogen-bond acceptors (Lipinski definition) is 5. The minimum Gasteiger partial charge on any atom is -0.473 e. The molecular weight excluding hydrogens is 475 g/mol. The van der Waals surface area contributed by atoms with Gasteiger partial charge in [-0.1, -0.05) is 30.3 Å².